The lowest BCUT2D eigenvalue weighted by Gasteiger charge is -2.09. The standard InChI is InChI=1S/C22H17ClN2O/c23-21-12-11-19(22(26)25-14-4-13-24)15-20(21)18-9-7-17(8-10-18)16-5-2-1-3-6-16/h1-3,5-12,15H,4,14H2,(H,25,26). The van der Waals surface area contributed by atoms with Crippen molar-refractivity contribution in [2.75, 3.05) is 6.54 Å². The van der Waals surface area contributed by atoms with Gasteiger partial charge in [-0.2, -0.15) is 5.26 Å². The van der Waals surface area contributed by atoms with Gasteiger partial charge in [-0.1, -0.05) is 66.2 Å². The molecule has 0 saturated heterocycles. The molecular weight excluding hydrogens is 344 g/mol. The van der Waals surface area contributed by atoms with Crippen molar-refractivity contribution in [1.82, 2.24) is 5.32 Å². The maximum atomic E-state index is 12.2. The highest BCUT2D eigenvalue weighted by Gasteiger charge is 2.10. The maximum absolute atomic E-state index is 12.2. The highest BCUT2D eigenvalue weighted by molar-refractivity contribution is 6.33. The summed E-state index contributed by atoms with van der Waals surface area (Å²) in [6.07, 6.45) is 0.285. The van der Waals surface area contributed by atoms with Crippen molar-refractivity contribution in [1.29, 1.82) is 5.26 Å². The van der Waals surface area contributed by atoms with Crippen LogP contribution in [0, 0.1) is 11.3 Å². The van der Waals surface area contributed by atoms with Crippen LogP contribution < -0.4 is 5.32 Å². The average molecular weight is 361 g/mol. The van der Waals surface area contributed by atoms with E-state index < -0.39 is 0 Å². The Balaban J connectivity index is 1.86. The highest BCUT2D eigenvalue weighted by atomic mass is 35.5. The van der Waals surface area contributed by atoms with E-state index in [-0.39, 0.29) is 12.3 Å². The Hall–Kier alpha value is -3.09. The summed E-state index contributed by atoms with van der Waals surface area (Å²) in [7, 11) is 0. The molecule has 0 bridgehead atoms. The number of halogens is 1. The molecule has 0 fully saturated rings. The third-order valence-electron chi connectivity index (χ3n) is 4.05. The molecule has 3 aromatic carbocycles. The van der Waals surface area contributed by atoms with Crippen LogP contribution in [0.15, 0.2) is 72.8 Å². The Labute approximate surface area is 157 Å². The third-order valence-corrected chi connectivity index (χ3v) is 4.38. The van der Waals surface area contributed by atoms with Crippen LogP contribution in [0.1, 0.15) is 16.8 Å². The van der Waals surface area contributed by atoms with Crippen LogP contribution in [0.2, 0.25) is 5.02 Å². The van der Waals surface area contributed by atoms with E-state index in [1.807, 2.05) is 48.5 Å². The second-order valence-corrected chi connectivity index (χ2v) is 6.21. The van der Waals surface area contributed by atoms with Crippen LogP contribution in [0.5, 0.6) is 0 Å². The summed E-state index contributed by atoms with van der Waals surface area (Å²) < 4.78 is 0. The minimum Gasteiger partial charge on any atom is -0.351 e. The predicted molar refractivity (Wildman–Crippen MR) is 105 cm³/mol. The first kappa shape index (κ1) is 17.7. The number of carbonyl (C=O) groups excluding carboxylic acids is 1. The quantitative estimate of drug-likeness (QED) is 0.626. The summed E-state index contributed by atoms with van der Waals surface area (Å²) in [6.45, 7) is 0.332. The van der Waals surface area contributed by atoms with Gasteiger partial charge in [0.25, 0.3) is 5.91 Å². The minimum absolute atomic E-state index is 0.209. The largest absolute Gasteiger partial charge is 0.351 e. The molecular formula is C22H17ClN2O. The monoisotopic (exact) mass is 360 g/mol. The van der Waals surface area contributed by atoms with E-state index in [0.717, 1.165) is 22.3 Å². The van der Waals surface area contributed by atoms with Crippen molar-refractivity contribution in [2.24, 2.45) is 0 Å². The zero-order chi connectivity index (χ0) is 18.4. The van der Waals surface area contributed by atoms with E-state index in [4.69, 9.17) is 16.9 Å². The first-order valence-electron chi connectivity index (χ1n) is 8.29. The Kier molecular flexibility index (Phi) is 5.68. The number of nitrogens with one attached hydrogen (secondary N) is 1. The second-order valence-electron chi connectivity index (χ2n) is 5.80. The molecule has 0 spiro atoms. The van der Waals surface area contributed by atoms with Crippen molar-refractivity contribution in [3.63, 3.8) is 0 Å². The van der Waals surface area contributed by atoms with Crippen molar-refractivity contribution < 1.29 is 4.79 Å². The van der Waals surface area contributed by atoms with E-state index >= 15 is 0 Å². The summed E-state index contributed by atoms with van der Waals surface area (Å²) in [5, 5.41) is 11.9. The fraction of sp³-hybridized carbons (Fsp3) is 0.0909. The first-order valence-corrected chi connectivity index (χ1v) is 8.67. The molecule has 0 radical (unpaired) electrons. The molecule has 1 amide bonds. The number of carbonyl (C=O) groups is 1. The topological polar surface area (TPSA) is 52.9 Å². The number of hydrogen-bond donors (Lipinski definition) is 1. The molecule has 0 heterocycles. The van der Waals surface area contributed by atoms with Gasteiger partial charge in [0.2, 0.25) is 0 Å². The molecule has 0 aliphatic carbocycles. The maximum Gasteiger partial charge on any atom is 0.251 e. The molecule has 3 nitrogen and oxygen atoms in total. The van der Waals surface area contributed by atoms with E-state index in [9.17, 15) is 4.79 Å². The third kappa shape index (κ3) is 4.11. The molecule has 0 saturated carbocycles. The van der Waals surface area contributed by atoms with E-state index in [1.165, 1.54) is 0 Å². The van der Waals surface area contributed by atoms with E-state index in [0.29, 0.717) is 17.1 Å². The number of nitriles is 1. The Morgan fingerprint density at radius 1 is 0.923 bits per heavy atom. The van der Waals surface area contributed by atoms with Gasteiger partial charge >= 0.3 is 0 Å². The summed E-state index contributed by atoms with van der Waals surface area (Å²) in [5.74, 6) is -0.209. The molecule has 0 atom stereocenters. The molecule has 0 aliphatic heterocycles. The van der Waals surface area contributed by atoms with Crippen LogP contribution in [0.3, 0.4) is 0 Å². The Morgan fingerprint density at radius 2 is 1.58 bits per heavy atom. The number of rotatable bonds is 5. The van der Waals surface area contributed by atoms with E-state index in [2.05, 4.69) is 17.4 Å². The molecule has 0 aromatic heterocycles. The number of benzene rings is 3. The number of amides is 1. The minimum atomic E-state index is -0.209. The van der Waals surface area contributed by atoms with Gasteiger partial charge in [-0.25, -0.2) is 0 Å². The smallest absolute Gasteiger partial charge is 0.251 e. The molecule has 3 rings (SSSR count). The summed E-state index contributed by atoms with van der Waals surface area (Å²) in [5.41, 5.74) is 4.54. The van der Waals surface area contributed by atoms with Gasteiger partial charge in [0.1, 0.15) is 0 Å². The van der Waals surface area contributed by atoms with E-state index in [1.54, 1.807) is 18.2 Å². The lowest BCUT2D eigenvalue weighted by atomic mass is 9.99. The lowest BCUT2D eigenvalue weighted by Crippen LogP contribution is -2.24. The second kappa shape index (κ2) is 8.33. The van der Waals surface area contributed by atoms with Crippen molar-refractivity contribution in [3.05, 3.63) is 83.4 Å². The summed E-state index contributed by atoms with van der Waals surface area (Å²) in [4.78, 5) is 12.2. The van der Waals surface area contributed by atoms with Crippen LogP contribution in [-0.2, 0) is 0 Å². The summed E-state index contributed by atoms with van der Waals surface area (Å²) in [6, 6.07) is 25.4. The molecule has 1 N–H and O–H groups in total. The summed E-state index contributed by atoms with van der Waals surface area (Å²) >= 11 is 6.34. The zero-order valence-corrected chi connectivity index (χ0v) is 14.8. The first-order chi connectivity index (χ1) is 12.7. The highest BCUT2D eigenvalue weighted by Crippen LogP contribution is 2.30. The van der Waals surface area contributed by atoms with Gasteiger partial charge in [-0.05, 0) is 34.9 Å². The van der Waals surface area contributed by atoms with Gasteiger partial charge in [0.05, 0.1) is 12.5 Å². The van der Waals surface area contributed by atoms with Crippen LogP contribution in [0.4, 0.5) is 0 Å². The Bertz CT molecular complexity index is 944. The normalized spacial score (nSPS) is 10.2. The molecule has 0 aliphatic rings. The van der Waals surface area contributed by atoms with Crippen molar-refractivity contribution in [2.45, 2.75) is 6.42 Å². The lowest BCUT2D eigenvalue weighted by molar-refractivity contribution is 0.0954. The van der Waals surface area contributed by atoms with Crippen LogP contribution >= 0.6 is 11.6 Å². The van der Waals surface area contributed by atoms with Crippen molar-refractivity contribution in [3.8, 4) is 28.3 Å². The van der Waals surface area contributed by atoms with Crippen LogP contribution in [-0.4, -0.2) is 12.5 Å². The predicted octanol–water partition coefficient (Wildman–Crippen LogP) is 5.32. The van der Waals surface area contributed by atoms with Gasteiger partial charge in [0.15, 0.2) is 0 Å². The average Bonchev–Trinajstić information content (AvgIpc) is 2.69. The SMILES string of the molecule is N#CCCNC(=O)c1ccc(Cl)c(-c2ccc(-c3ccccc3)cc2)c1. The molecule has 4 heteroatoms. The molecule has 0 unspecified atom stereocenters. The molecule has 3 aromatic rings. The van der Waals surface area contributed by atoms with Crippen molar-refractivity contribution >= 4 is 17.5 Å². The van der Waals surface area contributed by atoms with Gasteiger partial charge in [-0.3, -0.25) is 4.79 Å². The zero-order valence-electron chi connectivity index (χ0n) is 14.1. The number of hydrogen-bond acceptors (Lipinski definition) is 2. The number of nitrogens with zero attached hydrogens (tertiary/aromatic N) is 1. The fourth-order valence-electron chi connectivity index (χ4n) is 2.69. The van der Waals surface area contributed by atoms with Gasteiger partial charge < -0.3 is 5.32 Å². The van der Waals surface area contributed by atoms with Crippen LogP contribution in [0.25, 0.3) is 22.3 Å². The fourth-order valence-corrected chi connectivity index (χ4v) is 2.92. The Morgan fingerprint density at radius 3 is 2.27 bits per heavy atom. The molecule has 26 heavy (non-hydrogen) atoms. The van der Waals surface area contributed by atoms with Gasteiger partial charge in [0, 0.05) is 22.7 Å². The van der Waals surface area contributed by atoms with Gasteiger partial charge in [-0.15, -0.1) is 0 Å². The molecule has 128 valence electrons.